The number of carbonyl (C=O) groups is 1. The summed E-state index contributed by atoms with van der Waals surface area (Å²) in [5.74, 6) is -0.183. The van der Waals surface area contributed by atoms with Crippen LogP contribution >= 0.6 is 24.4 Å². The van der Waals surface area contributed by atoms with E-state index in [1.165, 1.54) is 11.8 Å². The first-order valence-corrected chi connectivity index (χ1v) is 6.30. The summed E-state index contributed by atoms with van der Waals surface area (Å²) < 4.78 is 7.81. The summed E-state index contributed by atoms with van der Waals surface area (Å²) in [7, 11) is 0. The van der Waals surface area contributed by atoms with Gasteiger partial charge in [-0.3, -0.25) is 4.79 Å². The van der Waals surface area contributed by atoms with E-state index in [1.807, 2.05) is 24.6 Å². The maximum Gasteiger partial charge on any atom is 0.319 e. The molecule has 1 heterocycles. The molecule has 1 unspecified atom stereocenters. The van der Waals surface area contributed by atoms with E-state index in [0.717, 1.165) is 17.3 Å². The Morgan fingerprint density at radius 2 is 2.47 bits per heavy atom. The van der Waals surface area contributed by atoms with Crippen molar-refractivity contribution in [2.75, 3.05) is 13.2 Å². The molecule has 0 aromatic carbocycles. The van der Waals surface area contributed by atoms with E-state index in [-0.39, 0.29) is 11.2 Å². The molecule has 0 saturated carbocycles. The summed E-state index contributed by atoms with van der Waals surface area (Å²) in [6.07, 6.45) is 5.12. The van der Waals surface area contributed by atoms with Crippen molar-refractivity contribution in [1.29, 1.82) is 0 Å². The SMILES string of the molecule is CCOC(=O)C(C)SC(S)=[N+]1C=CCC1. The lowest BCUT2D eigenvalue weighted by atomic mass is 10.5. The first-order valence-electron chi connectivity index (χ1n) is 4.97. The Labute approximate surface area is 100.0 Å². The van der Waals surface area contributed by atoms with E-state index in [9.17, 15) is 4.79 Å². The van der Waals surface area contributed by atoms with Crippen molar-refractivity contribution >= 4 is 34.7 Å². The average Bonchev–Trinajstić information content (AvgIpc) is 2.70. The zero-order valence-corrected chi connectivity index (χ0v) is 10.7. The number of hydrogen-bond donors (Lipinski definition) is 1. The topological polar surface area (TPSA) is 29.3 Å². The van der Waals surface area contributed by atoms with Gasteiger partial charge in [0.2, 0.25) is 0 Å². The molecule has 0 bridgehead atoms. The average molecular weight is 246 g/mol. The van der Waals surface area contributed by atoms with Crippen LogP contribution in [0, 0.1) is 0 Å². The summed E-state index contributed by atoms with van der Waals surface area (Å²) in [5.41, 5.74) is 0. The van der Waals surface area contributed by atoms with Gasteiger partial charge in [-0.1, -0.05) is 12.6 Å². The number of nitrogens with zero attached hydrogens (tertiary/aromatic N) is 1. The molecule has 0 radical (unpaired) electrons. The molecule has 0 saturated heterocycles. The zero-order chi connectivity index (χ0) is 11.3. The van der Waals surface area contributed by atoms with Crippen molar-refractivity contribution in [1.82, 2.24) is 0 Å². The van der Waals surface area contributed by atoms with Crippen LogP contribution in [-0.4, -0.2) is 33.3 Å². The Kier molecular flexibility index (Phi) is 5.25. The zero-order valence-electron chi connectivity index (χ0n) is 8.97. The summed E-state index contributed by atoms with van der Waals surface area (Å²) in [5, 5.41) is -0.202. The minimum absolute atomic E-state index is 0.183. The lowest BCUT2D eigenvalue weighted by Gasteiger charge is -2.07. The number of thioether (sulfide) groups is 1. The van der Waals surface area contributed by atoms with Gasteiger partial charge >= 0.3 is 5.97 Å². The van der Waals surface area contributed by atoms with Crippen LogP contribution in [-0.2, 0) is 9.53 Å². The predicted octanol–water partition coefficient (Wildman–Crippen LogP) is 1.89. The summed E-state index contributed by atoms with van der Waals surface area (Å²) in [6.45, 7) is 5.01. The smallest absolute Gasteiger partial charge is 0.319 e. The minimum atomic E-state index is -0.202. The van der Waals surface area contributed by atoms with Crippen molar-refractivity contribution in [3.63, 3.8) is 0 Å². The summed E-state index contributed by atoms with van der Waals surface area (Å²) in [6, 6.07) is 0. The van der Waals surface area contributed by atoms with Gasteiger partial charge in [-0.05, 0) is 31.7 Å². The second kappa shape index (κ2) is 6.23. The Hall–Kier alpha value is -0.420. The van der Waals surface area contributed by atoms with E-state index in [2.05, 4.69) is 18.7 Å². The van der Waals surface area contributed by atoms with Crippen molar-refractivity contribution in [3.8, 4) is 0 Å². The number of carbonyl (C=O) groups excluding carboxylic acids is 1. The molecule has 0 fully saturated rings. The second-order valence-corrected chi connectivity index (χ2v) is 5.22. The standard InChI is InChI=1S/C10H15NO2S2/c1-3-13-9(12)8(2)15-10(14)11-6-4-5-7-11/h4,6,8H,3,5,7H2,1-2H3/p+1. The lowest BCUT2D eigenvalue weighted by Crippen LogP contribution is -2.19. The molecule has 1 aliphatic heterocycles. The normalized spacial score (nSPS) is 20.2. The molecule has 0 aromatic rings. The van der Waals surface area contributed by atoms with Crippen LogP contribution in [0.3, 0.4) is 0 Å². The fourth-order valence-electron chi connectivity index (χ4n) is 1.18. The number of ether oxygens (including phenoxy) is 1. The minimum Gasteiger partial charge on any atom is -0.465 e. The van der Waals surface area contributed by atoms with Crippen LogP contribution < -0.4 is 0 Å². The van der Waals surface area contributed by atoms with Gasteiger partial charge in [-0.2, -0.15) is 4.58 Å². The van der Waals surface area contributed by atoms with Crippen LogP contribution in [0.15, 0.2) is 12.3 Å². The highest BCUT2D eigenvalue weighted by atomic mass is 32.2. The van der Waals surface area contributed by atoms with Gasteiger partial charge in [0.05, 0.1) is 6.61 Å². The third-order valence-corrected chi connectivity index (χ3v) is 3.53. The third kappa shape index (κ3) is 3.91. The van der Waals surface area contributed by atoms with E-state index in [1.54, 1.807) is 0 Å². The Morgan fingerprint density at radius 3 is 3.00 bits per heavy atom. The van der Waals surface area contributed by atoms with Gasteiger partial charge < -0.3 is 4.74 Å². The van der Waals surface area contributed by atoms with Crippen LogP contribution in [0.2, 0.25) is 0 Å². The van der Waals surface area contributed by atoms with Crippen LogP contribution in [0.4, 0.5) is 0 Å². The van der Waals surface area contributed by atoms with E-state index >= 15 is 0 Å². The second-order valence-electron chi connectivity index (χ2n) is 3.16. The van der Waals surface area contributed by atoms with E-state index in [0.29, 0.717) is 6.61 Å². The molecule has 0 spiro atoms. The molecule has 1 aliphatic rings. The largest absolute Gasteiger partial charge is 0.465 e. The molecule has 1 rings (SSSR count). The van der Waals surface area contributed by atoms with Gasteiger partial charge in [0.1, 0.15) is 5.25 Å². The van der Waals surface area contributed by atoms with E-state index in [4.69, 9.17) is 4.74 Å². The first-order chi connectivity index (χ1) is 7.15. The first kappa shape index (κ1) is 12.6. The molecule has 3 nitrogen and oxygen atoms in total. The molecule has 0 aliphatic carbocycles. The predicted molar refractivity (Wildman–Crippen MR) is 66.6 cm³/mol. The van der Waals surface area contributed by atoms with Crippen molar-refractivity contribution < 1.29 is 14.1 Å². The fourth-order valence-corrected chi connectivity index (χ4v) is 2.59. The maximum absolute atomic E-state index is 11.4. The number of rotatable bonds is 3. The van der Waals surface area contributed by atoms with Crippen LogP contribution in [0.1, 0.15) is 20.3 Å². The van der Waals surface area contributed by atoms with Gasteiger partial charge in [-0.15, -0.1) is 0 Å². The molecular weight excluding hydrogens is 230 g/mol. The third-order valence-electron chi connectivity index (χ3n) is 1.97. The van der Waals surface area contributed by atoms with Gasteiger partial charge in [0, 0.05) is 6.42 Å². The Bertz CT molecular complexity index is 300. The van der Waals surface area contributed by atoms with E-state index < -0.39 is 0 Å². The molecule has 0 amide bonds. The summed E-state index contributed by atoms with van der Waals surface area (Å²) >= 11 is 5.80. The lowest BCUT2D eigenvalue weighted by molar-refractivity contribution is -0.440. The molecule has 15 heavy (non-hydrogen) atoms. The quantitative estimate of drug-likeness (QED) is 0.357. The monoisotopic (exact) mass is 246 g/mol. The molecular formula is C10H16NO2S2+. The molecule has 84 valence electrons. The molecule has 1 atom stereocenters. The van der Waals surface area contributed by atoms with Crippen molar-refractivity contribution in [2.45, 2.75) is 25.5 Å². The summed E-state index contributed by atoms with van der Waals surface area (Å²) in [4.78, 5) is 11.4. The van der Waals surface area contributed by atoms with Crippen LogP contribution in [0.5, 0.6) is 0 Å². The fraction of sp³-hybridized carbons (Fsp3) is 0.600. The van der Waals surface area contributed by atoms with Gasteiger partial charge in [0.15, 0.2) is 12.7 Å². The molecule has 0 N–H and O–H groups in total. The van der Waals surface area contributed by atoms with Gasteiger partial charge in [-0.25, -0.2) is 0 Å². The number of esters is 1. The Morgan fingerprint density at radius 1 is 1.73 bits per heavy atom. The maximum atomic E-state index is 11.4. The van der Waals surface area contributed by atoms with Crippen LogP contribution in [0.25, 0.3) is 0 Å². The highest BCUT2D eigenvalue weighted by Gasteiger charge is 2.21. The molecule has 0 aromatic heterocycles. The van der Waals surface area contributed by atoms with Crippen molar-refractivity contribution in [3.05, 3.63) is 12.3 Å². The molecule has 5 heteroatoms. The Balaban J connectivity index is 2.50. The van der Waals surface area contributed by atoms with Gasteiger partial charge in [0.25, 0.3) is 4.38 Å². The highest BCUT2D eigenvalue weighted by Crippen LogP contribution is 2.18. The number of thiol groups is 1. The van der Waals surface area contributed by atoms with Crippen molar-refractivity contribution in [2.24, 2.45) is 0 Å². The number of hydrogen-bond acceptors (Lipinski definition) is 3. The highest BCUT2D eigenvalue weighted by molar-refractivity contribution is 8.32.